The number of phenols is 2. The topological polar surface area (TPSA) is 125 Å². The fourth-order valence-corrected chi connectivity index (χ4v) is 7.01. The second kappa shape index (κ2) is 27.5. The Kier molecular flexibility index (Phi) is 22.0. The molecule has 0 aliphatic carbocycles. The van der Waals surface area contributed by atoms with Crippen molar-refractivity contribution in [3.8, 4) is 34.5 Å². The fraction of sp³-hybridized carbons (Fsp3) is 0.222. The minimum absolute atomic E-state index is 0.0534. The average Bonchev–Trinajstić information content (AvgIpc) is 3.34. The summed E-state index contributed by atoms with van der Waals surface area (Å²) in [6.45, 7) is 12.7. The Labute approximate surface area is 401 Å². The van der Waals surface area contributed by atoms with E-state index in [0.717, 1.165) is 47.9 Å². The van der Waals surface area contributed by atoms with E-state index in [1.165, 1.54) is 0 Å². The first-order valence-corrected chi connectivity index (χ1v) is 25.5. The Hall–Kier alpha value is -5.77. The van der Waals surface area contributed by atoms with Crippen LogP contribution in [-0.4, -0.2) is 49.1 Å². The van der Waals surface area contributed by atoms with Crippen LogP contribution in [0.15, 0.2) is 159 Å². The summed E-state index contributed by atoms with van der Waals surface area (Å²) in [4.78, 5) is 0. The molecular formula is C54H58Cl2N2O6Ti. The molecular weight excluding hydrogens is 891 g/mol. The van der Waals surface area contributed by atoms with Gasteiger partial charge in [-0.1, -0.05) is 111 Å². The van der Waals surface area contributed by atoms with Crippen LogP contribution >= 0.6 is 18.6 Å². The van der Waals surface area contributed by atoms with Gasteiger partial charge in [-0.3, -0.25) is 10.8 Å². The maximum atomic E-state index is 11.1. The van der Waals surface area contributed by atoms with Gasteiger partial charge in [-0.2, -0.15) is 0 Å². The molecule has 11 heteroatoms. The van der Waals surface area contributed by atoms with Crippen molar-refractivity contribution in [3.63, 3.8) is 0 Å². The summed E-state index contributed by atoms with van der Waals surface area (Å²) in [5.74, 6) is 2.70. The number of halogens is 2. The van der Waals surface area contributed by atoms with Crippen LogP contribution in [0.4, 0.5) is 0 Å². The van der Waals surface area contributed by atoms with E-state index in [1.807, 2.05) is 147 Å². The third kappa shape index (κ3) is 15.2. The van der Waals surface area contributed by atoms with E-state index < -0.39 is 17.0 Å². The summed E-state index contributed by atoms with van der Waals surface area (Å²) in [5.41, 5.74) is 6.25. The van der Waals surface area contributed by atoms with Crippen molar-refractivity contribution in [1.29, 1.82) is 10.8 Å². The van der Waals surface area contributed by atoms with Crippen molar-refractivity contribution < 1.29 is 46.2 Å². The van der Waals surface area contributed by atoms with Crippen LogP contribution in [0.2, 0.25) is 0 Å². The Morgan fingerprint density at radius 3 is 1.28 bits per heavy atom. The van der Waals surface area contributed by atoms with Crippen LogP contribution in [0.3, 0.4) is 0 Å². The fourth-order valence-electron chi connectivity index (χ4n) is 7.01. The van der Waals surface area contributed by atoms with E-state index in [9.17, 15) is 10.2 Å². The molecule has 0 amide bonds. The normalized spacial score (nSPS) is 11.2. The van der Waals surface area contributed by atoms with Crippen molar-refractivity contribution in [3.05, 3.63) is 203 Å². The molecule has 0 spiro atoms. The van der Waals surface area contributed by atoms with Crippen LogP contribution in [0, 0.1) is 10.8 Å². The van der Waals surface area contributed by atoms with E-state index in [4.69, 9.17) is 48.4 Å². The second-order valence-electron chi connectivity index (χ2n) is 14.9. The maximum absolute atomic E-state index is 11.1. The van der Waals surface area contributed by atoms with Gasteiger partial charge in [0.15, 0.2) is 0 Å². The number of allylic oxidation sites excluding steroid dienone is 2. The van der Waals surface area contributed by atoms with Crippen LogP contribution in [-0.2, 0) is 17.0 Å². The van der Waals surface area contributed by atoms with Gasteiger partial charge >= 0.3 is 35.6 Å². The first-order chi connectivity index (χ1) is 31.5. The van der Waals surface area contributed by atoms with Crippen molar-refractivity contribution >= 4 is 30.0 Å². The summed E-state index contributed by atoms with van der Waals surface area (Å²) in [6, 6.07) is 41.9. The summed E-state index contributed by atoms with van der Waals surface area (Å²) < 4.78 is 22.6. The minimum atomic E-state index is -0.556. The number of aromatic hydroxyl groups is 2. The van der Waals surface area contributed by atoms with Gasteiger partial charge in [0.25, 0.3) is 0 Å². The number of hydrogen-bond acceptors (Lipinski definition) is 8. The van der Waals surface area contributed by atoms with E-state index in [-0.39, 0.29) is 34.8 Å². The summed E-state index contributed by atoms with van der Waals surface area (Å²) in [7, 11) is 13.0. The molecule has 0 saturated carbocycles. The molecule has 0 aliphatic rings. The molecule has 2 unspecified atom stereocenters. The van der Waals surface area contributed by atoms with E-state index in [1.54, 1.807) is 26.4 Å². The SMILES string of the molecule is C=CCCCOc1cccc(C(=N)c2cc(OC)cc(C(C)c3ccccc3)c2O)c1.C=CCCCOc1cccc(C(=N)c2cc(OC)cc(C(C)c3ccccc3)c2O)c1.[Cl][Ti][Cl]. The van der Waals surface area contributed by atoms with Crippen LogP contribution in [0.25, 0.3) is 0 Å². The van der Waals surface area contributed by atoms with Gasteiger partial charge in [-0.15, -0.1) is 13.2 Å². The number of methoxy groups -OCH3 is 2. The third-order valence-corrected chi connectivity index (χ3v) is 10.7. The number of nitrogens with one attached hydrogen (secondary N) is 2. The van der Waals surface area contributed by atoms with Crippen molar-refractivity contribution in [2.75, 3.05) is 27.4 Å². The molecule has 0 bridgehead atoms. The zero-order valence-corrected chi connectivity index (χ0v) is 40.5. The third-order valence-electron chi connectivity index (χ3n) is 10.7. The Morgan fingerprint density at radius 1 is 0.569 bits per heavy atom. The predicted molar refractivity (Wildman–Crippen MR) is 264 cm³/mol. The summed E-state index contributed by atoms with van der Waals surface area (Å²) in [5, 5.41) is 39.8. The summed E-state index contributed by atoms with van der Waals surface area (Å²) >= 11 is -0.556. The van der Waals surface area contributed by atoms with Gasteiger partial charge in [0, 0.05) is 45.2 Å². The molecule has 4 N–H and O–H groups in total. The first kappa shape index (κ1) is 51.9. The van der Waals surface area contributed by atoms with Gasteiger partial charge in [0.05, 0.1) is 38.9 Å². The standard InChI is InChI=1S/2C27H29NO3.2ClH.Ti/c2*1-4-5-9-15-31-22-14-10-13-21(16-22)26(28)25-18-23(30-3)17-24(27(25)29)19(2)20-11-7-6-8-12-20;;;/h2*4,6-8,10-14,16-19,28-29H,1,5,9,15H2,2-3H3;2*1H;/q;;;;+2/p-2. The number of hydrogen-bond donors (Lipinski definition) is 4. The zero-order valence-electron chi connectivity index (χ0n) is 37.5. The number of ether oxygens (including phenoxy) is 4. The Morgan fingerprint density at radius 2 is 0.938 bits per heavy atom. The second-order valence-corrected chi connectivity index (χ2v) is 17.5. The molecule has 0 fully saturated rings. The molecule has 65 heavy (non-hydrogen) atoms. The molecule has 6 rings (SSSR count). The molecule has 0 aliphatic heterocycles. The van der Waals surface area contributed by atoms with E-state index in [0.29, 0.717) is 58.5 Å². The van der Waals surface area contributed by atoms with Crippen molar-refractivity contribution in [2.45, 2.75) is 51.4 Å². The van der Waals surface area contributed by atoms with Crippen molar-refractivity contribution in [2.24, 2.45) is 0 Å². The number of rotatable bonds is 20. The predicted octanol–water partition coefficient (Wildman–Crippen LogP) is 14.0. The molecule has 0 heterocycles. The molecule has 2 atom stereocenters. The molecule has 0 aromatic heterocycles. The van der Waals surface area contributed by atoms with Crippen LogP contribution in [0.1, 0.15) is 95.9 Å². The molecule has 0 radical (unpaired) electrons. The average molecular weight is 950 g/mol. The molecule has 0 saturated heterocycles. The monoisotopic (exact) mass is 948 g/mol. The van der Waals surface area contributed by atoms with E-state index >= 15 is 0 Å². The van der Waals surface area contributed by atoms with Gasteiger partial charge < -0.3 is 29.2 Å². The molecule has 6 aromatic rings. The van der Waals surface area contributed by atoms with E-state index in [2.05, 4.69) is 13.2 Å². The number of benzene rings is 6. The number of phenolic OH excluding ortho intramolecular Hbond substituents is 2. The van der Waals surface area contributed by atoms with Crippen LogP contribution in [0.5, 0.6) is 34.5 Å². The molecule has 338 valence electrons. The first-order valence-electron chi connectivity index (χ1n) is 21.3. The molecule has 8 nitrogen and oxygen atoms in total. The van der Waals surface area contributed by atoms with Gasteiger partial charge in [-0.25, -0.2) is 0 Å². The van der Waals surface area contributed by atoms with Gasteiger partial charge in [0.2, 0.25) is 0 Å². The summed E-state index contributed by atoms with van der Waals surface area (Å²) in [6.07, 6.45) is 7.32. The quantitative estimate of drug-likeness (QED) is 0.0261. The zero-order chi connectivity index (χ0) is 47.1. The van der Waals surface area contributed by atoms with Gasteiger partial charge in [-0.05, 0) is 85.3 Å². The van der Waals surface area contributed by atoms with Crippen molar-refractivity contribution in [1.82, 2.24) is 0 Å². The Bertz CT molecular complexity index is 2300. The number of unbranched alkanes of at least 4 members (excludes halogenated alkanes) is 2. The Balaban J connectivity index is 0.000000268. The molecule has 6 aromatic carbocycles. The van der Waals surface area contributed by atoms with Crippen LogP contribution < -0.4 is 18.9 Å². The van der Waals surface area contributed by atoms with Gasteiger partial charge in [0.1, 0.15) is 34.5 Å².